The van der Waals surface area contributed by atoms with E-state index < -0.39 is 12.1 Å². The van der Waals surface area contributed by atoms with Gasteiger partial charge in [0.1, 0.15) is 0 Å². The van der Waals surface area contributed by atoms with Crippen molar-refractivity contribution in [2.45, 2.75) is 501 Å². The van der Waals surface area contributed by atoms with Crippen LogP contribution < -0.4 is 5.32 Å². The average Bonchev–Trinajstić information content (AvgIpc) is 3.58. The maximum Gasteiger partial charge on any atom is 0.305 e. The van der Waals surface area contributed by atoms with Crippen LogP contribution in [0.3, 0.4) is 0 Å². The summed E-state index contributed by atoms with van der Waals surface area (Å²) >= 11 is 0. The second kappa shape index (κ2) is 78.3. The number of ether oxygens (including phenoxy) is 1. The Morgan fingerprint density at radius 1 is 0.273 bits per heavy atom. The van der Waals surface area contributed by atoms with E-state index in [9.17, 15) is 19.8 Å². The van der Waals surface area contributed by atoms with Gasteiger partial charge < -0.3 is 20.3 Å². The van der Waals surface area contributed by atoms with Crippen molar-refractivity contribution >= 4 is 11.9 Å². The molecule has 88 heavy (non-hydrogen) atoms. The molecule has 0 fully saturated rings. The molecule has 0 aromatic rings. The van der Waals surface area contributed by atoms with Crippen molar-refractivity contribution in [2.75, 3.05) is 13.2 Å². The number of unbranched alkanes of at least 4 members (excludes halogenated alkanes) is 68. The van der Waals surface area contributed by atoms with Crippen molar-refractivity contribution in [2.24, 2.45) is 0 Å². The highest BCUT2D eigenvalue weighted by molar-refractivity contribution is 5.76. The van der Waals surface area contributed by atoms with E-state index in [0.29, 0.717) is 25.9 Å². The van der Waals surface area contributed by atoms with Gasteiger partial charge in [-0.05, 0) is 25.7 Å². The molecule has 0 radical (unpaired) electrons. The Morgan fingerprint density at radius 3 is 0.693 bits per heavy atom. The lowest BCUT2D eigenvalue weighted by Crippen LogP contribution is -2.45. The van der Waals surface area contributed by atoms with Crippen LogP contribution in [0.4, 0.5) is 0 Å². The van der Waals surface area contributed by atoms with Gasteiger partial charge in [-0.3, -0.25) is 9.59 Å². The Morgan fingerprint density at radius 2 is 0.466 bits per heavy atom. The van der Waals surface area contributed by atoms with E-state index in [1.165, 1.54) is 417 Å². The number of carbonyl (C=O) groups excluding carboxylic acids is 2. The summed E-state index contributed by atoms with van der Waals surface area (Å²) in [5.41, 5.74) is 0. The summed E-state index contributed by atoms with van der Waals surface area (Å²) in [5.74, 6) is 0.00345. The molecule has 0 rings (SSSR count). The highest BCUT2D eigenvalue weighted by Gasteiger charge is 2.20. The molecule has 526 valence electrons. The highest BCUT2D eigenvalue weighted by Crippen LogP contribution is 2.21. The molecular weight excluding hydrogens is 1080 g/mol. The number of aliphatic hydroxyl groups excluding tert-OH is 2. The molecular formula is C82H163NO5. The third-order valence-electron chi connectivity index (χ3n) is 19.9. The summed E-state index contributed by atoms with van der Waals surface area (Å²) < 4.78 is 5.52. The number of hydrogen-bond donors (Lipinski definition) is 3. The summed E-state index contributed by atoms with van der Waals surface area (Å²) in [6, 6.07) is -0.538. The van der Waals surface area contributed by atoms with Gasteiger partial charge >= 0.3 is 5.97 Å². The van der Waals surface area contributed by atoms with Crippen molar-refractivity contribution in [3.05, 3.63) is 0 Å². The van der Waals surface area contributed by atoms with E-state index in [1.54, 1.807) is 0 Å². The second-order valence-corrected chi connectivity index (χ2v) is 28.8. The molecule has 0 aliphatic heterocycles. The molecule has 0 saturated carbocycles. The molecule has 0 spiro atoms. The monoisotopic (exact) mass is 1240 g/mol. The van der Waals surface area contributed by atoms with Crippen LogP contribution in [-0.2, 0) is 14.3 Å². The first-order valence-corrected chi connectivity index (χ1v) is 41.3. The highest BCUT2D eigenvalue weighted by atomic mass is 16.5. The van der Waals surface area contributed by atoms with Crippen LogP contribution in [0.5, 0.6) is 0 Å². The summed E-state index contributed by atoms with van der Waals surface area (Å²) in [5, 5.41) is 23.5. The Hall–Kier alpha value is -1.14. The van der Waals surface area contributed by atoms with Crippen molar-refractivity contribution < 1.29 is 24.5 Å². The number of rotatable bonds is 79. The predicted molar refractivity (Wildman–Crippen MR) is 389 cm³/mol. The molecule has 3 N–H and O–H groups in total. The van der Waals surface area contributed by atoms with Crippen LogP contribution in [0, 0.1) is 0 Å². The lowest BCUT2D eigenvalue weighted by molar-refractivity contribution is -0.143. The summed E-state index contributed by atoms with van der Waals surface area (Å²) in [7, 11) is 0. The average molecular weight is 1240 g/mol. The van der Waals surface area contributed by atoms with E-state index in [1.807, 2.05) is 0 Å². The molecule has 0 aliphatic rings. The number of esters is 1. The van der Waals surface area contributed by atoms with Crippen LogP contribution in [0.1, 0.15) is 489 Å². The Labute approximate surface area is 553 Å². The van der Waals surface area contributed by atoms with Gasteiger partial charge in [-0.2, -0.15) is 0 Å². The fraction of sp³-hybridized carbons (Fsp3) is 0.976. The van der Waals surface area contributed by atoms with Gasteiger partial charge in [0.15, 0.2) is 0 Å². The second-order valence-electron chi connectivity index (χ2n) is 28.8. The minimum atomic E-state index is -0.661. The number of carbonyl (C=O) groups is 2. The van der Waals surface area contributed by atoms with E-state index in [2.05, 4.69) is 19.2 Å². The molecule has 0 aliphatic carbocycles. The van der Waals surface area contributed by atoms with Crippen molar-refractivity contribution in [3.8, 4) is 0 Å². The fourth-order valence-electron chi connectivity index (χ4n) is 13.6. The standard InChI is InChI=1S/C82H163NO5/c1-3-5-7-9-11-13-15-17-19-21-22-36-39-43-46-50-54-58-62-66-70-74-80(85)79(78-84)83-81(86)75-71-67-63-59-55-51-47-44-40-37-34-32-30-28-26-24-23-25-27-29-31-33-35-38-41-45-49-53-57-61-65-69-73-77-88-82(87)76-72-68-64-60-56-52-48-42-20-18-16-14-12-10-8-6-4-2/h79-80,84-85H,3-78H2,1-2H3,(H,83,86). The summed E-state index contributed by atoms with van der Waals surface area (Å²) in [6.45, 7) is 5.03. The van der Waals surface area contributed by atoms with Crippen LogP contribution in [-0.4, -0.2) is 47.4 Å². The van der Waals surface area contributed by atoms with E-state index in [0.717, 1.165) is 38.5 Å². The first-order valence-electron chi connectivity index (χ1n) is 41.3. The predicted octanol–water partition coefficient (Wildman–Crippen LogP) is 27.3. The van der Waals surface area contributed by atoms with Crippen molar-refractivity contribution in [1.82, 2.24) is 5.32 Å². The normalized spacial score (nSPS) is 12.4. The molecule has 2 unspecified atom stereocenters. The van der Waals surface area contributed by atoms with Gasteiger partial charge in [-0.25, -0.2) is 0 Å². The SMILES string of the molecule is CCCCCCCCCCCCCCCCCCCCCCCC(O)C(CO)NC(=O)CCCCCCCCCCCCCCCCCCCCCCCCCCCCCCCCCCCOC(=O)CCCCCCCCCCCCCCCCCCC. The lowest BCUT2D eigenvalue weighted by Gasteiger charge is -2.22. The third-order valence-corrected chi connectivity index (χ3v) is 19.9. The summed E-state index contributed by atoms with van der Waals surface area (Å²) in [6.07, 6.45) is 97.8. The zero-order valence-corrected chi connectivity index (χ0v) is 60.5. The Balaban J connectivity index is 3.30. The molecule has 2 atom stereocenters. The van der Waals surface area contributed by atoms with Gasteiger partial charge in [0.25, 0.3) is 0 Å². The fourth-order valence-corrected chi connectivity index (χ4v) is 13.6. The molecule has 0 heterocycles. The lowest BCUT2D eigenvalue weighted by atomic mass is 10.0. The quantitative estimate of drug-likeness (QED) is 0.0417. The van der Waals surface area contributed by atoms with Crippen molar-refractivity contribution in [1.29, 1.82) is 0 Å². The van der Waals surface area contributed by atoms with Crippen LogP contribution in [0.25, 0.3) is 0 Å². The van der Waals surface area contributed by atoms with E-state index >= 15 is 0 Å². The largest absolute Gasteiger partial charge is 0.466 e. The van der Waals surface area contributed by atoms with Crippen molar-refractivity contribution in [3.63, 3.8) is 0 Å². The molecule has 0 saturated heterocycles. The number of amides is 1. The minimum Gasteiger partial charge on any atom is -0.466 e. The smallest absolute Gasteiger partial charge is 0.305 e. The number of nitrogens with one attached hydrogen (secondary N) is 1. The molecule has 6 nitrogen and oxygen atoms in total. The van der Waals surface area contributed by atoms with Gasteiger partial charge in [0, 0.05) is 12.8 Å². The molecule has 0 aromatic carbocycles. The first-order chi connectivity index (χ1) is 43.5. The molecule has 0 bridgehead atoms. The molecule has 6 heteroatoms. The topological polar surface area (TPSA) is 95.9 Å². The zero-order chi connectivity index (χ0) is 63.5. The Bertz CT molecular complexity index is 1290. The zero-order valence-electron chi connectivity index (χ0n) is 60.5. The summed E-state index contributed by atoms with van der Waals surface area (Å²) in [4.78, 5) is 24.7. The van der Waals surface area contributed by atoms with E-state index in [4.69, 9.17) is 4.74 Å². The molecule has 0 aromatic heterocycles. The Kier molecular flexibility index (Phi) is 77.3. The van der Waals surface area contributed by atoms with Crippen LogP contribution in [0.2, 0.25) is 0 Å². The molecule has 1 amide bonds. The van der Waals surface area contributed by atoms with Gasteiger partial charge in [-0.15, -0.1) is 0 Å². The van der Waals surface area contributed by atoms with Gasteiger partial charge in [0.2, 0.25) is 5.91 Å². The third kappa shape index (κ3) is 73.9. The van der Waals surface area contributed by atoms with Crippen LogP contribution >= 0.6 is 0 Å². The van der Waals surface area contributed by atoms with Gasteiger partial charge in [-0.1, -0.05) is 450 Å². The van der Waals surface area contributed by atoms with Gasteiger partial charge in [0.05, 0.1) is 25.4 Å². The van der Waals surface area contributed by atoms with E-state index in [-0.39, 0.29) is 18.5 Å². The maximum atomic E-state index is 12.6. The number of aliphatic hydroxyl groups is 2. The maximum absolute atomic E-state index is 12.6. The van der Waals surface area contributed by atoms with Crippen LogP contribution in [0.15, 0.2) is 0 Å². The first kappa shape index (κ1) is 86.9. The number of hydrogen-bond acceptors (Lipinski definition) is 5. The minimum absolute atomic E-state index is 0.0239.